The topological polar surface area (TPSA) is 43.4 Å². The average Bonchev–Trinajstić information content (AvgIpc) is 2.73. The molecular weight excluding hydrogens is 216 g/mol. The van der Waals surface area contributed by atoms with Crippen molar-refractivity contribution in [3.05, 3.63) is 23.8 Å². The van der Waals surface area contributed by atoms with Crippen LogP contribution >= 0.6 is 0 Å². The third-order valence-corrected chi connectivity index (χ3v) is 2.85. The van der Waals surface area contributed by atoms with Crippen molar-refractivity contribution < 1.29 is 14.3 Å². The zero-order valence-corrected chi connectivity index (χ0v) is 10.4. The van der Waals surface area contributed by atoms with Crippen LogP contribution in [-0.4, -0.2) is 18.9 Å². The van der Waals surface area contributed by atoms with Crippen LogP contribution in [0.15, 0.2) is 23.8 Å². The van der Waals surface area contributed by atoms with Gasteiger partial charge in [0, 0.05) is 12.8 Å². The molecule has 1 aliphatic carbocycles. The van der Waals surface area contributed by atoms with Gasteiger partial charge in [0.25, 0.3) is 0 Å². The van der Waals surface area contributed by atoms with E-state index in [1.54, 1.807) is 0 Å². The quantitative estimate of drug-likeness (QED) is 0.388. The molecule has 0 spiro atoms. The maximum absolute atomic E-state index is 11.3. The van der Waals surface area contributed by atoms with Crippen LogP contribution in [0.3, 0.4) is 0 Å². The number of hydrogen-bond acceptors (Lipinski definition) is 3. The van der Waals surface area contributed by atoms with E-state index in [9.17, 15) is 9.59 Å². The fourth-order valence-corrected chi connectivity index (χ4v) is 1.81. The summed E-state index contributed by atoms with van der Waals surface area (Å²) in [6.07, 6.45) is 11.8. The van der Waals surface area contributed by atoms with E-state index in [1.807, 2.05) is 12.2 Å². The molecule has 0 N–H and O–H groups in total. The Labute approximate surface area is 103 Å². The summed E-state index contributed by atoms with van der Waals surface area (Å²) in [5.74, 6) is 0.149. The summed E-state index contributed by atoms with van der Waals surface area (Å²) in [4.78, 5) is 22.1. The molecule has 0 saturated heterocycles. The Morgan fingerprint density at radius 3 is 2.88 bits per heavy atom. The van der Waals surface area contributed by atoms with Crippen LogP contribution in [0.4, 0.5) is 0 Å². The van der Waals surface area contributed by atoms with Crippen molar-refractivity contribution in [1.29, 1.82) is 0 Å². The normalized spacial score (nSPS) is 15.4. The average molecular weight is 236 g/mol. The molecule has 1 aliphatic rings. The predicted octanol–water partition coefficient (Wildman–Crippen LogP) is 2.96. The molecule has 3 nitrogen and oxygen atoms in total. The Morgan fingerprint density at radius 1 is 1.41 bits per heavy atom. The zero-order valence-electron chi connectivity index (χ0n) is 10.4. The lowest BCUT2D eigenvalue weighted by molar-refractivity contribution is -0.140. The molecule has 0 atom stereocenters. The third kappa shape index (κ3) is 5.48. The van der Waals surface area contributed by atoms with Gasteiger partial charge >= 0.3 is 5.97 Å². The van der Waals surface area contributed by atoms with Crippen molar-refractivity contribution >= 4 is 11.8 Å². The molecule has 0 amide bonds. The molecule has 0 fully saturated rings. The van der Waals surface area contributed by atoms with Gasteiger partial charge in [0.2, 0.25) is 0 Å². The Balaban J connectivity index is 2.03. The summed E-state index contributed by atoms with van der Waals surface area (Å²) in [7, 11) is 1.41. The molecule has 17 heavy (non-hydrogen) atoms. The highest BCUT2D eigenvalue weighted by Gasteiger charge is 2.12. The van der Waals surface area contributed by atoms with Gasteiger partial charge in [-0.05, 0) is 37.7 Å². The first-order valence-electron chi connectivity index (χ1n) is 6.18. The SMILES string of the molecule is COC(=O)CCCC/C=C/CC1=CCCC1=O. The van der Waals surface area contributed by atoms with Gasteiger partial charge in [-0.25, -0.2) is 0 Å². The summed E-state index contributed by atoms with van der Waals surface area (Å²) in [6, 6.07) is 0. The van der Waals surface area contributed by atoms with Crippen molar-refractivity contribution in [3.8, 4) is 0 Å². The zero-order chi connectivity index (χ0) is 12.5. The van der Waals surface area contributed by atoms with Gasteiger partial charge in [-0.3, -0.25) is 9.59 Å². The highest BCUT2D eigenvalue weighted by atomic mass is 16.5. The summed E-state index contributed by atoms with van der Waals surface area (Å²) in [5, 5.41) is 0. The summed E-state index contributed by atoms with van der Waals surface area (Å²) in [5.41, 5.74) is 0.954. The predicted molar refractivity (Wildman–Crippen MR) is 66.6 cm³/mol. The van der Waals surface area contributed by atoms with Gasteiger partial charge in [0.15, 0.2) is 5.78 Å². The maximum atomic E-state index is 11.3. The second-order valence-corrected chi connectivity index (χ2v) is 4.19. The summed E-state index contributed by atoms with van der Waals surface area (Å²) < 4.78 is 4.56. The van der Waals surface area contributed by atoms with Crippen LogP contribution in [-0.2, 0) is 14.3 Å². The lowest BCUT2D eigenvalue weighted by Crippen LogP contribution is -1.98. The van der Waals surface area contributed by atoms with Crippen LogP contribution in [0.1, 0.15) is 44.9 Å². The monoisotopic (exact) mass is 236 g/mol. The van der Waals surface area contributed by atoms with Crippen molar-refractivity contribution in [2.45, 2.75) is 44.9 Å². The largest absolute Gasteiger partial charge is 0.469 e. The van der Waals surface area contributed by atoms with Gasteiger partial charge in [-0.1, -0.05) is 18.2 Å². The van der Waals surface area contributed by atoms with Gasteiger partial charge in [-0.15, -0.1) is 0 Å². The smallest absolute Gasteiger partial charge is 0.305 e. The minimum absolute atomic E-state index is 0.143. The van der Waals surface area contributed by atoms with Crippen molar-refractivity contribution in [1.82, 2.24) is 0 Å². The minimum atomic E-state index is -0.143. The molecule has 94 valence electrons. The van der Waals surface area contributed by atoms with E-state index in [-0.39, 0.29) is 5.97 Å². The van der Waals surface area contributed by atoms with Gasteiger partial charge < -0.3 is 4.74 Å². The van der Waals surface area contributed by atoms with Crippen molar-refractivity contribution in [3.63, 3.8) is 0 Å². The molecule has 3 heteroatoms. The van der Waals surface area contributed by atoms with Crippen LogP contribution in [0.25, 0.3) is 0 Å². The number of methoxy groups -OCH3 is 1. The van der Waals surface area contributed by atoms with E-state index < -0.39 is 0 Å². The number of unbranched alkanes of at least 4 members (excludes halogenated alkanes) is 2. The molecule has 1 rings (SSSR count). The molecule has 0 aromatic carbocycles. The molecule has 0 aromatic heterocycles. The first-order valence-corrected chi connectivity index (χ1v) is 6.18. The van der Waals surface area contributed by atoms with Crippen LogP contribution in [0.5, 0.6) is 0 Å². The maximum Gasteiger partial charge on any atom is 0.305 e. The summed E-state index contributed by atoms with van der Waals surface area (Å²) >= 11 is 0. The first-order chi connectivity index (χ1) is 8.24. The Bertz CT molecular complexity index is 326. The summed E-state index contributed by atoms with van der Waals surface area (Å²) in [6.45, 7) is 0. The Kier molecular flexibility index (Phi) is 6.30. The minimum Gasteiger partial charge on any atom is -0.469 e. The molecule has 0 radical (unpaired) electrons. The van der Waals surface area contributed by atoms with E-state index in [2.05, 4.69) is 10.8 Å². The van der Waals surface area contributed by atoms with E-state index in [4.69, 9.17) is 0 Å². The van der Waals surface area contributed by atoms with Crippen LogP contribution in [0.2, 0.25) is 0 Å². The number of Topliss-reactive ketones (excluding diaryl/α,β-unsaturated/α-hetero) is 1. The second-order valence-electron chi connectivity index (χ2n) is 4.19. The molecular formula is C14H20O3. The standard InChI is InChI=1S/C14H20O3/c1-17-14(16)11-6-4-2-3-5-8-12-9-7-10-13(12)15/h3,5,9H,2,4,6-8,10-11H2,1H3/b5-3+. The number of esters is 1. The molecule has 0 aliphatic heterocycles. The second kappa shape index (κ2) is 7.82. The highest BCUT2D eigenvalue weighted by molar-refractivity contribution is 5.97. The molecule has 0 unspecified atom stereocenters. The highest BCUT2D eigenvalue weighted by Crippen LogP contribution is 2.17. The van der Waals surface area contributed by atoms with E-state index >= 15 is 0 Å². The Morgan fingerprint density at radius 2 is 2.24 bits per heavy atom. The van der Waals surface area contributed by atoms with Gasteiger partial charge in [-0.2, -0.15) is 0 Å². The molecule has 0 aromatic rings. The number of allylic oxidation sites excluding steroid dienone is 4. The van der Waals surface area contributed by atoms with E-state index in [0.29, 0.717) is 18.6 Å². The lowest BCUT2D eigenvalue weighted by atomic mass is 10.1. The van der Waals surface area contributed by atoms with Crippen LogP contribution in [0, 0.1) is 0 Å². The fourth-order valence-electron chi connectivity index (χ4n) is 1.81. The number of ether oxygens (including phenoxy) is 1. The van der Waals surface area contributed by atoms with Crippen molar-refractivity contribution in [2.75, 3.05) is 7.11 Å². The fraction of sp³-hybridized carbons (Fsp3) is 0.571. The number of rotatable bonds is 7. The number of ketones is 1. The number of hydrogen-bond donors (Lipinski definition) is 0. The third-order valence-electron chi connectivity index (χ3n) is 2.85. The number of carbonyl (C=O) groups is 2. The molecule has 0 heterocycles. The van der Waals surface area contributed by atoms with E-state index in [1.165, 1.54) is 7.11 Å². The lowest BCUT2D eigenvalue weighted by Gasteiger charge is -1.97. The van der Waals surface area contributed by atoms with Gasteiger partial charge in [0.1, 0.15) is 0 Å². The first kappa shape index (κ1) is 13.7. The van der Waals surface area contributed by atoms with Crippen LogP contribution < -0.4 is 0 Å². The number of carbonyl (C=O) groups excluding carboxylic acids is 2. The van der Waals surface area contributed by atoms with E-state index in [0.717, 1.165) is 37.7 Å². The van der Waals surface area contributed by atoms with Gasteiger partial charge in [0.05, 0.1) is 7.11 Å². The molecule has 0 bridgehead atoms. The van der Waals surface area contributed by atoms with Crippen molar-refractivity contribution in [2.24, 2.45) is 0 Å². The Hall–Kier alpha value is -1.38. The molecule has 0 saturated carbocycles.